The molecule has 0 bridgehead atoms. The first-order valence-electron chi connectivity index (χ1n) is 7.96. The molecule has 3 heterocycles. The van der Waals surface area contributed by atoms with Crippen molar-refractivity contribution in [3.63, 3.8) is 0 Å². The van der Waals surface area contributed by atoms with Crippen LogP contribution in [0, 0.1) is 6.92 Å². The van der Waals surface area contributed by atoms with Gasteiger partial charge in [-0.25, -0.2) is 0 Å². The van der Waals surface area contributed by atoms with Crippen molar-refractivity contribution in [3.05, 3.63) is 45.7 Å². The fraction of sp³-hybridized carbons (Fsp3) is 0.412. The van der Waals surface area contributed by atoms with E-state index < -0.39 is 0 Å². The number of rotatable bonds is 4. The molecule has 1 saturated heterocycles. The van der Waals surface area contributed by atoms with Crippen LogP contribution in [0.5, 0.6) is 0 Å². The molecule has 3 rings (SSSR count). The van der Waals surface area contributed by atoms with Crippen molar-refractivity contribution < 1.29 is 9.59 Å². The maximum absolute atomic E-state index is 12.1. The molecule has 6 nitrogen and oxygen atoms in total. The number of nitrogens with zero attached hydrogens (tertiary/aromatic N) is 3. The van der Waals surface area contributed by atoms with Crippen LogP contribution in [0.2, 0.25) is 0 Å². The lowest BCUT2D eigenvalue weighted by Gasteiger charge is -2.22. The molecule has 0 saturated carbocycles. The van der Waals surface area contributed by atoms with Crippen LogP contribution in [0.4, 0.5) is 0 Å². The van der Waals surface area contributed by atoms with Crippen LogP contribution < -0.4 is 5.32 Å². The molecule has 0 unspecified atom stereocenters. The zero-order valence-corrected chi connectivity index (χ0v) is 14.6. The molecule has 0 aliphatic carbocycles. The summed E-state index contributed by atoms with van der Waals surface area (Å²) in [6, 6.07) is 1.86. The van der Waals surface area contributed by atoms with Crippen molar-refractivity contribution in [2.45, 2.75) is 39.3 Å². The van der Waals surface area contributed by atoms with Crippen molar-refractivity contribution in [2.24, 2.45) is 0 Å². The fourth-order valence-electron chi connectivity index (χ4n) is 2.93. The summed E-state index contributed by atoms with van der Waals surface area (Å²) in [5.41, 5.74) is 2.57. The van der Waals surface area contributed by atoms with Crippen LogP contribution in [-0.2, 0) is 11.3 Å². The first-order chi connectivity index (χ1) is 11.5. The number of carbonyl (C=O) groups excluding carboxylic acids is 2. The zero-order chi connectivity index (χ0) is 17.1. The molecular formula is C17H20N4O2S. The average Bonchev–Trinajstić information content (AvgIpc) is 3.22. The number of thiophene rings is 1. The molecule has 1 aliphatic heterocycles. The third kappa shape index (κ3) is 3.62. The molecule has 1 N–H and O–H groups in total. The van der Waals surface area contributed by atoms with Gasteiger partial charge in [-0.1, -0.05) is 0 Å². The minimum atomic E-state index is -0.105. The standard InChI is InChI=1S/C17H20N4O2S/c1-11-6-16(24-10-11)17(23)19-8-13-7-18-9-14(20-13)15-4-3-5-21(15)12(2)22/h6-7,9-10,15H,3-5,8H2,1-2H3,(H,19,23)/t15-/m0/s1. The quantitative estimate of drug-likeness (QED) is 0.924. The van der Waals surface area contributed by atoms with Crippen molar-refractivity contribution in [1.29, 1.82) is 0 Å². The normalized spacial score (nSPS) is 17.1. The lowest BCUT2D eigenvalue weighted by Crippen LogP contribution is -2.29. The molecule has 0 spiro atoms. The Morgan fingerprint density at radius 2 is 2.25 bits per heavy atom. The van der Waals surface area contributed by atoms with Crippen LogP contribution >= 0.6 is 11.3 Å². The molecule has 126 valence electrons. The predicted octanol–water partition coefficient (Wildman–Crippen LogP) is 2.46. The summed E-state index contributed by atoms with van der Waals surface area (Å²) in [4.78, 5) is 35.2. The second-order valence-electron chi connectivity index (χ2n) is 5.98. The molecule has 24 heavy (non-hydrogen) atoms. The molecule has 2 aromatic rings. The van der Waals surface area contributed by atoms with Gasteiger partial charge in [0.1, 0.15) is 0 Å². The van der Waals surface area contributed by atoms with Crippen LogP contribution in [0.15, 0.2) is 23.8 Å². The van der Waals surface area contributed by atoms with Crippen molar-refractivity contribution >= 4 is 23.2 Å². The van der Waals surface area contributed by atoms with Gasteiger partial charge in [0.25, 0.3) is 5.91 Å². The summed E-state index contributed by atoms with van der Waals surface area (Å²) >= 11 is 1.43. The largest absolute Gasteiger partial charge is 0.346 e. The Balaban J connectivity index is 1.67. The average molecular weight is 344 g/mol. The maximum atomic E-state index is 12.1. The van der Waals surface area contributed by atoms with Crippen molar-refractivity contribution in [1.82, 2.24) is 20.2 Å². The van der Waals surface area contributed by atoms with Gasteiger partial charge in [0.05, 0.1) is 41.2 Å². The van der Waals surface area contributed by atoms with E-state index in [1.54, 1.807) is 19.3 Å². The van der Waals surface area contributed by atoms with Crippen LogP contribution in [0.25, 0.3) is 0 Å². The van der Waals surface area contributed by atoms with E-state index in [2.05, 4.69) is 15.3 Å². The highest BCUT2D eigenvalue weighted by molar-refractivity contribution is 7.12. The van der Waals surface area contributed by atoms with E-state index in [9.17, 15) is 9.59 Å². The second-order valence-corrected chi connectivity index (χ2v) is 6.89. The van der Waals surface area contributed by atoms with Crippen molar-refractivity contribution in [3.8, 4) is 0 Å². The predicted molar refractivity (Wildman–Crippen MR) is 91.6 cm³/mol. The van der Waals surface area contributed by atoms with E-state index in [-0.39, 0.29) is 17.9 Å². The highest BCUT2D eigenvalue weighted by atomic mass is 32.1. The van der Waals surface area contributed by atoms with E-state index in [1.165, 1.54) is 11.3 Å². The summed E-state index contributed by atoms with van der Waals surface area (Å²) < 4.78 is 0. The summed E-state index contributed by atoms with van der Waals surface area (Å²) in [5, 5.41) is 4.82. The topological polar surface area (TPSA) is 75.2 Å². The lowest BCUT2D eigenvalue weighted by molar-refractivity contribution is -0.129. The molecule has 1 atom stereocenters. The highest BCUT2D eigenvalue weighted by Gasteiger charge is 2.29. The van der Waals surface area contributed by atoms with Crippen LogP contribution in [-0.4, -0.2) is 33.2 Å². The number of aryl methyl sites for hydroxylation is 1. The van der Waals surface area contributed by atoms with E-state index >= 15 is 0 Å². The van der Waals surface area contributed by atoms with Gasteiger partial charge in [0.15, 0.2) is 0 Å². The van der Waals surface area contributed by atoms with Gasteiger partial charge >= 0.3 is 0 Å². The van der Waals surface area contributed by atoms with E-state index in [4.69, 9.17) is 0 Å². The zero-order valence-electron chi connectivity index (χ0n) is 13.8. The molecular weight excluding hydrogens is 324 g/mol. The van der Waals surface area contributed by atoms with Gasteiger partial charge < -0.3 is 10.2 Å². The monoisotopic (exact) mass is 344 g/mol. The Hall–Kier alpha value is -2.28. The Labute approximate surface area is 144 Å². The number of likely N-dealkylation sites (tertiary alicyclic amines) is 1. The Bertz CT molecular complexity index is 759. The number of amides is 2. The molecule has 2 aromatic heterocycles. The molecule has 7 heteroatoms. The molecule has 1 fully saturated rings. The SMILES string of the molecule is CC(=O)N1CCC[C@H]1c1cncc(CNC(=O)c2cc(C)cs2)n1. The number of nitrogens with one attached hydrogen (secondary N) is 1. The summed E-state index contributed by atoms with van der Waals surface area (Å²) in [7, 11) is 0. The van der Waals surface area contributed by atoms with Gasteiger partial charge in [0, 0.05) is 13.5 Å². The molecule has 0 aromatic carbocycles. The van der Waals surface area contributed by atoms with Gasteiger partial charge in [0.2, 0.25) is 5.91 Å². The van der Waals surface area contributed by atoms with E-state index in [1.807, 2.05) is 23.3 Å². The number of carbonyl (C=O) groups is 2. The first kappa shape index (κ1) is 16.6. The van der Waals surface area contributed by atoms with Gasteiger partial charge in [-0.15, -0.1) is 11.3 Å². The minimum absolute atomic E-state index is 0.00871. The van der Waals surface area contributed by atoms with Gasteiger partial charge in [-0.2, -0.15) is 0 Å². The third-order valence-corrected chi connectivity index (χ3v) is 5.13. The number of aromatic nitrogens is 2. The number of hydrogen-bond acceptors (Lipinski definition) is 5. The maximum Gasteiger partial charge on any atom is 0.261 e. The van der Waals surface area contributed by atoms with Crippen LogP contribution in [0.3, 0.4) is 0 Å². The second kappa shape index (κ2) is 7.09. The first-order valence-corrected chi connectivity index (χ1v) is 8.84. The molecule has 1 aliphatic rings. The third-order valence-electron chi connectivity index (χ3n) is 4.09. The highest BCUT2D eigenvalue weighted by Crippen LogP contribution is 2.30. The van der Waals surface area contributed by atoms with E-state index in [0.717, 1.165) is 30.6 Å². The summed E-state index contributed by atoms with van der Waals surface area (Å²) in [6.07, 6.45) is 5.24. The lowest BCUT2D eigenvalue weighted by atomic mass is 10.1. The van der Waals surface area contributed by atoms with Gasteiger partial charge in [-0.3, -0.25) is 19.6 Å². The Morgan fingerprint density at radius 1 is 1.42 bits per heavy atom. The minimum Gasteiger partial charge on any atom is -0.346 e. The summed E-state index contributed by atoms with van der Waals surface area (Å²) in [6.45, 7) is 4.63. The summed E-state index contributed by atoms with van der Waals surface area (Å²) in [5.74, 6) is -0.0439. The Morgan fingerprint density at radius 3 is 2.96 bits per heavy atom. The van der Waals surface area contributed by atoms with E-state index in [0.29, 0.717) is 17.1 Å². The fourth-order valence-corrected chi connectivity index (χ4v) is 3.74. The molecule has 2 amide bonds. The van der Waals surface area contributed by atoms with Gasteiger partial charge in [-0.05, 0) is 36.8 Å². The van der Waals surface area contributed by atoms with Crippen molar-refractivity contribution in [2.75, 3.05) is 6.54 Å². The van der Waals surface area contributed by atoms with Crippen LogP contribution in [0.1, 0.15) is 52.4 Å². The number of hydrogen-bond donors (Lipinski definition) is 1. The molecule has 0 radical (unpaired) electrons. The Kier molecular flexibility index (Phi) is 4.89. The smallest absolute Gasteiger partial charge is 0.261 e.